The van der Waals surface area contributed by atoms with Gasteiger partial charge in [0.05, 0.1) is 50.4 Å². The summed E-state index contributed by atoms with van der Waals surface area (Å²) < 4.78 is 17.3. The Bertz CT molecular complexity index is 861. The molecule has 6 atom stereocenters. The summed E-state index contributed by atoms with van der Waals surface area (Å²) in [5, 5.41) is 10.4. The van der Waals surface area contributed by atoms with Crippen LogP contribution in [0.15, 0.2) is 12.7 Å². The van der Waals surface area contributed by atoms with Gasteiger partial charge in [-0.1, -0.05) is 19.9 Å². The summed E-state index contributed by atoms with van der Waals surface area (Å²) in [4.78, 5) is 47.0. The Kier molecular flexibility index (Phi) is 8.93. The van der Waals surface area contributed by atoms with Crippen LogP contribution in [0.25, 0.3) is 0 Å². The third kappa shape index (κ3) is 5.17. The van der Waals surface area contributed by atoms with E-state index in [0.29, 0.717) is 52.1 Å². The fourth-order valence-corrected chi connectivity index (χ4v) is 6.80. The number of hydrogen-bond acceptors (Lipinski definition) is 8. The maximum absolute atomic E-state index is 14.4. The molecule has 4 heterocycles. The molecule has 2 unspecified atom stereocenters. The van der Waals surface area contributed by atoms with Gasteiger partial charge in [0.2, 0.25) is 11.8 Å². The molecule has 0 aliphatic carbocycles. The molecule has 2 amide bonds. The summed E-state index contributed by atoms with van der Waals surface area (Å²) in [6, 6.07) is -1.45. The average molecular weight is 522 g/mol. The van der Waals surface area contributed by atoms with Crippen LogP contribution in [-0.2, 0) is 28.6 Å². The normalized spacial score (nSPS) is 32.0. The number of ether oxygens (including phenoxy) is 3. The Balaban J connectivity index is 1.68. The number of nitrogens with zero attached hydrogens (tertiary/aromatic N) is 3. The van der Waals surface area contributed by atoms with Gasteiger partial charge in [-0.3, -0.25) is 19.3 Å². The molecule has 1 spiro atoms. The minimum atomic E-state index is -1.10. The van der Waals surface area contributed by atoms with Crippen molar-refractivity contribution in [2.45, 2.75) is 63.8 Å². The van der Waals surface area contributed by atoms with Crippen LogP contribution in [-0.4, -0.2) is 121 Å². The lowest BCUT2D eigenvalue weighted by Crippen LogP contribution is -2.59. The van der Waals surface area contributed by atoms with E-state index in [1.807, 2.05) is 13.8 Å². The highest BCUT2D eigenvalue weighted by Crippen LogP contribution is 2.59. The molecule has 4 saturated heterocycles. The van der Waals surface area contributed by atoms with Crippen molar-refractivity contribution >= 4 is 17.8 Å². The standard InChI is InChI=1S/C27H43N3O7/c1-5-9-29(11-10-28-12-14-35-15-13-28)25(33)23-27-8-7-20(37-27)21(26(34)36-6-2)22(27)24(32)30(23)19(17-31)16-18(3)4/h5,18-23,31H,1,6-17H2,2-4H3/t19-,20+,21-,22+,23?,27?/m1/s1. The van der Waals surface area contributed by atoms with E-state index in [4.69, 9.17) is 14.2 Å². The number of hydrogen-bond donors (Lipinski definition) is 1. The topological polar surface area (TPSA) is 109 Å². The first-order chi connectivity index (χ1) is 17.8. The molecule has 37 heavy (non-hydrogen) atoms. The lowest BCUT2D eigenvalue weighted by Gasteiger charge is -2.40. The molecule has 4 rings (SSSR count). The van der Waals surface area contributed by atoms with Crippen molar-refractivity contribution in [2.75, 3.05) is 59.2 Å². The number of aliphatic hydroxyl groups excluding tert-OH is 1. The Morgan fingerprint density at radius 3 is 2.68 bits per heavy atom. The first kappa shape index (κ1) is 28.0. The molecule has 0 aromatic rings. The van der Waals surface area contributed by atoms with Gasteiger partial charge in [-0.15, -0.1) is 6.58 Å². The zero-order valence-corrected chi connectivity index (χ0v) is 22.5. The summed E-state index contributed by atoms with van der Waals surface area (Å²) in [7, 11) is 0. The number of fused-ring (bicyclic) bond motifs is 1. The molecule has 0 aromatic carbocycles. The van der Waals surface area contributed by atoms with Crippen molar-refractivity contribution in [3.05, 3.63) is 12.7 Å². The molecule has 4 fully saturated rings. The van der Waals surface area contributed by atoms with E-state index in [1.165, 1.54) is 0 Å². The van der Waals surface area contributed by atoms with E-state index in [9.17, 15) is 19.5 Å². The SMILES string of the molecule is C=CCN(CCN1CCOCC1)C(=O)C1N([C@@H](CO)CC(C)C)C(=O)[C@@H]2[C@H](C(=O)OCC)[C@@H]3CCC12O3. The summed E-state index contributed by atoms with van der Waals surface area (Å²) >= 11 is 0. The van der Waals surface area contributed by atoms with Crippen LogP contribution in [0.1, 0.15) is 40.0 Å². The third-order valence-electron chi connectivity index (χ3n) is 8.33. The van der Waals surface area contributed by atoms with Gasteiger partial charge in [0.25, 0.3) is 0 Å². The smallest absolute Gasteiger partial charge is 0.312 e. The molecule has 4 aliphatic rings. The highest BCUT2D eigenvalue weighted by Gasteiger charge is 2.75. The molecule has 208 valence electrons. The van der Waals surface area contributed by atoms with Crippen LogP contribution < -0.4 is 0 Å². The number of aliphatic hydroxyl groups is 1. The monoisotopic (exact) mass is 521 g/mol. The van der Waals surface area contributed by atoms with E-state index in [-0.39, 0.29) is 30.9 Å². The third-order valence-corrected chi connectivity index (χ3v) is 8.33. The van der Waals surface area contributed by atoms with Gasteiger partial charge in [-0.2, -0.15) is 0 Å². The van der Waals surface area contributed by atoms with E-state index < -0.39 is 41.6 Å². The Labute approximate surface area is 219 Å². The van der Waals surface area contributed by atoms with Crippen molar-refractivity contribution < 1.29 is 33.7 Å². The predicted octanol–water partition coefficient (Wildman–Crippen LogP) is 0.678. The van der Waals surface area contributed by atoms with Gasteiger partial charge in [-0.05, 0) is 32.1 Å². The summed E-state index contributed by atoms with van der Waals surface area (Å²) in [6.45, 7) is 14.0. The molecule has 4 aliphatic heterocycles. The molecule has 0 saturated carbocycles. The fourth-order valence-electron chi connectivity index (χ4n) is 6.80. The zero-order valence-electron chi connectivity index (χ0n) is 22.5. The average Bonchev–Trinajstić information content (AvgIpc) is 3.52. The van der Waals surface area contributed by atoms with Crippen LogP contribution in [0.2, 0.25) is 0 Å². The largest absolute Gasteiger partial charge is 0.466 e. The minimum absolute atomic E-state index is 0.197. The van der Waals surface area contributed by atoms with Gasteiger partial charge in [0.1, 0.15) is 11.6 Å². The maximum atomic E-state index is 14.4. The van der Waals surface area contributed by atoms with Crippen LogP contribution >= 0.6 is 0 Å². The first-order valence-electron chi connectivity index (χ1n) is 13.8. The van der Waals surface area contributed by atoms with E-state index >= 15 is 0 Å². The van der Waals surface area contributed by atoms with Gasteiger partial charge in [0, 0.05) is 32.7 Å². The second kappa shape index (κ2) is 11.8. The fraction of sp³-hybridized carbons (Fsp3) is 0.815. The molecule has 10 nitrogen and oxygen atoms in total. The number of rotatable bonds is 12. The Morgan fingerprint density at radius 1 is 1.32 bits per heavy atom. The highest BCUT2D eigenvalue weighted by atomic mass is 16.6. The number of carbonyl (C=O) groups excluding carboxylic acids is 3. The van der Waals surface area contributed by atoms with Crippen LogP contribution in [0.4, 0.5) is 0 Å². The number of esters is 1. The zero-order chi connectivity index (χ0) is 26.7. The Morgan fingerprint density at radius 2 is 2.05 bits per heavy atom. The summed E-state index contributed by atoms with van der Waals surface area (Å²) in [5.41, 5.74) is -1.10. The minimum Gasteiger partial charge on any atom is -0.466 e. The molecular formula is C27H43N3O7. The van der Waals surface area contributed by atoms with Gasteiger partial charge < -0.3 is 29.1 Å². The Hall–Kier alpha value is -2.01. The van der Waals surface area contributed by atoms with Gasteiger partial charge in [0.15, 0.2) is 0 Å². The summed E-state index contributed by atoms with van der Waals surface area (Å²) in [5.74, 6) is -2.27. The first-order valence-corrected chi connectivity index (χ1v) is 13.8. The number of morpholine rings is 1. The van der Waals surface area contributed by atoms with Crippen molar-refractivity contribution in [2.24, 2.45) is 17.8 Å². The number of carbonyl (C=O) groups is 3. The van der Waals surface area contributed by atoms with Gasteiger partial charge >= 0.3 is 5.97 Å². The lowest BCUT2D eigenvalue weighted by atomic mass is 9.70. The molecular weight excluding hydrogens is 478 g/mol. The van der Waals surface area contributed by atoms with E-state index in [0.717, 1.165) is 13.1 Å². The quantitative estimate of drug-likeness (QED) is 0.295. The van der Waals surface area contributed by atoms with E-state index in [1.54, 1.807) is 22.8 Å². The van der Waals surface area contributed by atoms with Crippen LogP contribution in [0, 0.1) is 17.8 Å². The van der Waals surface area contributed by atoms with E-state index in [2.05, 4.69) is 11.5 Å². The summed E-state index contributed by atoms with van der Waals surface area (Å²) in [6.07, 6.45) is 2.90. The van der Waals surface area contributed by atoms with Crippen molar-refractivity contribution in [3.8, 4) is 0 Å². The second-order valence-electron chi connectivity index (χ2n) is 11.0. The highest BCUT2D eigenvalue weighted by molar-refractivity contribution is 5.98. The lowest BCUT2D eigenvalue weighted by molar-refractivity contribution is -0.156. The second-order valence-corrected chi connectivity index (χ2v) is 11.0. The maximum Gasteiger partial charge on any atom is 0.312 e. The van der Waals surface area contributed by atoms with Crippen LogP contribution in [0.3, 0.4) is 0 Å². The molecule has 10 heteroatoms. The van der Waals surface area contributed by atoms with Crippen LogP contribution in [0.5, 0.6) is 0 Å². The van der Waals surface area contributed by atoms with Crippen molar-refractivity contribution in [3.63, 3.8) is 0 Å². The van der Waals surface area contributed by atoms with Crippen molar-refractivity contribution in [1.29, 1.82) is 0 Å². The van der Waals surface area contributed by atoms with Gasteiger partial charge in [-0.25, -0.2) is 0 Å². The predicted molar refractivity (Wildman–Crippen MR) is 135 cm³/mol. The van der Waals surface area contributed by atoms with Crippen molar-refractivity contribution in [1.82, 2.24) is 14.7 Å². The number of amides is 2. The molecule has 0 aromatic heterocycles. The molecule has 0 radical (unpaired) electrons. The number of likely N-dealkylation sites (tertiary alicyclic amines) is 1. The molecule has 2 bridgehead atoms. The molecule has 1 N–H and O–H groups in total.